The Kier molecular flexibility index (Phi) is 11.2. The van der Waals surface area contributed by atoms with E-state index < -0.39 is 0 Å². The molecule has 0 saturated heterocycles. The van der Waals surface area contributed by atoms with Crippen molar-refractivity contribution in [3.8, 4) is 45.8 Å². The fourth-order valence-corrected chi connectivity index (χ4v) is 10.7. The summed E-state index contributed by atoms with van der Waals surface area (Å²) in [6.07, 6.45) is 0. The lowest BCUT2D eigenvalue weighted by atomic mass is 9.99. The maximum absolute atomic E-state index is 14.0. The molecule has 358 valence electrons. The monoisotopic (exact) mass is 980 g/mol. The molecular formula is C68H42F2N6. The first kappa shape index (κ1) is 45.3. The molecule has 2 aromatic heterocycles. The molecule has 0 bridgehead atoms. The molecule has 11 aromatic carbocycles. The molecule has 0 radical (unpaired) electrons. The first-order valence-corrected chi connectivity index (χ1v) is 24.9. The van der Waals surface area contributed by atoms with Crippen molar-refractivity contribution in [3.63, 3.8) is 0 Å². The Bertz CT molecular complexity index is 4110. The third-order valence-electron chi connectivity index (χ3n) is 14.3. The van der Waals surface area contributed by atoms with Crippen LogP contribution in [0.15, 0.2) is 255 Å². The lowest BCUT2D eigenvalue weighted by Crippen LogP contribution is -2.10. The standard InChI is InChI=1S/C68H42F2N6/c69-51-21-33-57(34-22-51)75-65-7-3-1-5-61(65)63-41-59(37-39-67(63)75)73(53-25-9-45(43-71)10-26-53)55-29-17-49(18-30-55)47-13-15-48(16-14-47)50-19-31-56(32-20-50)74(54-27-11-46(44-72)12-28-54)60-38-40-68-64(42-60)62-6-2-4-8-66(62)76(68)58-35-23-52(70)24-36-58/h1-42H. The molecule has 8 heteroatoms. The van der Waals surface area contributed by atoms with Gasteiger partial charge in [0, 0.05) is 67.0 Å². The smallest absolute Gasteiger partial charge is 0.123 e. The zero-order chi connectivity index (χ0) is 51.3. The van der Waals surface area contributed by atoms with Gasteiger partial charge in [-0.1, -0.05) is 84.9 Å². The van der Waals surface area contributed by atoms with Gasteiger partial charge in [-0.05, 0) is 192 Å². The van der Waals surface area contributed by atoms with Gasteiger partial charge < -0.3 is 18.9 Å². The van der Waals surface area contributed by atoms with Gasteiger partial charge in [0.25, 0.3) is 0 Å². The van der Waals surface area contributed by atoms with Crippen molar-refractivity contribution in [2.45, 2.75) is 0 Å². The molecule has 0 aliphatic rings. The van der Waals surface area contributed by atoms with Gasteiger partial charge in [-0.25, -0.2) is 8.78 Å². The fourth-order valence-electron chi connectivity index (χ4n) is 10.7. The molecule has 13 aromatic rings. The lowest BCUT2D eigenvalue weighted by molar-refractivity contribution is 0.627. The van der Waals surface area contributed by atoms with E-state index in [1.165, 1.54) is 24.3 Å². The number of nitriles is 2. The van der Waals surface area contributed by atoms with E-state index in [0.29, 0.717) is 11.1 Å². The second-order valence-corrected chi connectivity index (χ2v) is 18.7. The van der Waals surface area contributed by atoms with Crippen molar-refractivity contribution in [1.29, 1.82) is 10.5 Å². The number of aromatic nitrogens is 2. The second kappa shape index (κ2) is 18.8. The molecule has 0 atom stereocenters. The average Bonchev–Trinajstić information content (AvgIpc) is 4.06. The summed E-state index contributed by atoms with van der Waals surface area (Å²) < 4.78 is 32.4. The minimum absolute atomic E-state index is 0.278. The maximum atomic E-state index is 14.0. The molecule has 0 spiro atoms. The average molecular weight is 981 g/mol. The van der Waals surface area contributed by atoms with Crippen molar-refractivity contribution in [2.24, 2.45) is 0 Å². The number of benzene rings is 11. The highest BCUT2D eigenvalue weighted by Crippen LogP contribution is 2.43. The van der Waals surface area contributed by atoms with E-state index >= 15 is 0 Å². The van der Waals surface area contributed by atoms with Crippen LogP contribution in [0.1, 0.15) is 11.1 Å². The Morgan fingerprint density at radius 3 is 0.921 bits per heavy atom. The molecule has 0 aliphatic heterocycles. The van der Waals surface area contributed by atoms with Crippen LogP contribution in [0.2, 0.25) is 0 Å². The van der Waals surface area contributed by atoms with Crippen LogP contribution < -0.4 is 9.80 Å². The molecule has 76 heavy (non-hydrogen) atoms. The summed E-state index contributed by atoms with van der Waals surface area (Å²) in [5.74, 6) is -0.556. The van der Waals surface area contributed by atoms with Gasteiger partial charge in [-0.2, -0.15) is 10.5 Å². The Morgan fingerprint density at radius 2 is 0.579 bits per heavy atom. The topological polar surface area (TPSA) is 63.9 Å². The van der Waals surface area contributed by atoms with Gasteiger partial charge >= 0.3 is 0 Å². The van der Waals surface area contributed by atoms with Crippen LogP contribution >= 0.6 is 0 Å². The number of halogens is 2. The van der Waals surface area contributed by atoms with Crippen molar-refractivity contribution in [3.05, 3.63) is 278 Å². The van der Waals surface area contributed by atoms with E-state index in [2.05, 4.69) is 165 Å². The third kappa shape index (κ3) is 8.04. The predicted molar refractivity (Wildman–Crippen MR) is 305 cm³/mol. The Balaban J connectivity index is 0.809. The van der Waals surface area contributed by atoms with Crippen LogP contribution in [0, 0.1) is 34.3 Å². The molecule has 0 aliphatic carbocycles. The largest absolute Gasteiger partial charge is 0.310 e. The van der Waals surface area contributed by atoms with Crippen molar-refractivity contribution in [2.75, 3.05) is 9.80 Å². The molecule has 0 N–H and O–H groups in total. The van der Waals surface area contributed by atoms with Gasteiger partial charge in [0.05, 0.1) is 45.3 Å². The highest BCUT2D eigenvalue weighted by Gasteiger charge is 2.20. The minimum atomic E-state index is -0.278. The van der Waals surface area contributed by atoms with Crippen molar-refractivity contribution < 1.29 is 8.78 Å². The minimum Gasteiger partial charge on any atom is -0.310 e. The van der Waals surface area contributed by atoms with Gasteiger partial charge in [0.2, 0.25) is 0 Å². The second-order valence-electron chi connectivity index (χ2n) is 18.7. The molecule has 2 heterocycles. The summed E-state index contributed by atoms with van der Waals surface area (Å²) in [7, 11) is 0. The van der Waals surface area contributed by atoms with E-state index in [1.54, 1.807) is 0 Å². The SMILES string of the molecule is N#Cc1ccc(N(c2ccc(-c3ccc(-c4ccc(N(c5ccc(C#N)cc5)c5ccc6c(c5)c5ccccc5n6-c5ccc(F)cc5)cc4)cc3)cc2)c2ccc3c(c2)c2ccccc2n3-c2ccc(F)cc2)cc1. The zero-order valence-electron chi connectivity index (χ0n) is 40.7. The summed E-state index contributed by atoms with van der Waals surface area (Å²) in [6, 6.07) is 88.1. The summed E-state index contributed by atoms with van der Waals surface area (Å²) >= 11 is 0. The number of hydrogen-bond donors (Lipinski definition) is 0. The fraction of sp³-hybridized carbons (Fsp3) is 0. The summed E-state index contributed by atoms with van der Waals surface area (Å²) in [6.45, 7) is 0. The van der Waals surface area contributed by atoms with E-state index in [0.717, 1.165) is 111 Å². The molecule has 0 saturated carbocycles. The van der Waals surface area contributed by atoms with E-state index in [-0.39, 0.29) is 11.6 Å². The molecule has 6 nitrogen and oxygen atoms in total. The Hall–Kier alpha value is -10.5. The quantitative estimate of drug-likeness (QED) is 0.137. The molecule has 0 amide bonds. The van der Waals surface area contributed by atoms with Gasteiger partial charge in [0.1, 0.15) is 11.6 Å². The predicted octanol–water partition coefficient (Wildman–Crippen LogP) is 18.2. The van der Waals surface area contributed by atoms with Crippen LogP contribution in [0.5, 0.6) is 0 Å². The number of hydrogen-bond acceptors (Lipinski definition) is 4. The Morgan fingerprint density at radius 1 is 0.289 bits per heavy atom. The summed E-state index contributed by atoms with van der Waals surface area (Å²) in [4.78, 5) is 4.41. The van der Waals surface area contributed by atoms with E-state index in [4.69, 9.17) is 0 Å². The number of nitrogens with zero attached hydrogens (tertiary/aromatic N) is 6. The van der Waals surface area contributed by atoms with Crippen LogP contribution in [-0.4, -0.2) is 9.13 Å². The number of para-hydroxylation sites is 2. The third-order valence-corrected chi connectivity index (χ3v) is 14.3. The molecule has 0 fully saturated rings. The van der Waals surface area contributed by atoms with Gasteiger partial charge in [-0.15, -0.1) is 0 Å². The number of rotatable bonds is 10. The number of anilines is 6. The maximum Gasteiger partial charge on any atom is 0.123 e. The van der Waals surface area contributed by atoms with Crippen LogP contribution in [0.25, 0.3) is 77.2 Å². The van der Waals surface area contributed by atoms with Crippen LogP contribution in [0.3, 0.4) is 0 Å². The summed E-state index contributed by atoms with van der Waals surface area (Å²) in [5.41, 5.74) is 17.0. The molecule has 13 rings (SSSR count). The lowest BCUT2D eigenvalue weighted by Gasteiger charge is -2.26. The zero-order valence-corrected chi connectivity index (χ0v) is 40.7. The van der Waals surface area contributed by atoms with Gasteiger partial charge in [-0.3, -0.25) is 0 Å². The van der Waals surface area contributed by atoms with Crippen LogP contribution in [-0.2, 0) is 0 Å². The number of fused-ring (bicyclic) bond motifs is 6. The highest BCUT2D eigenvalue weighted by atomic mass is 19.1. The molecule has 0 unspecified atom stereocenters. The van der Waals surface area contributed by atoms with E-state index in [9.17, 15) is 19.3 Å². The normalized spacial score (nSPS) is 11.3. The van der Waals surface area contributed by atoms with E-state index in [1.807, 2.05) is 97.1 Å². The first-order chi connectivity index (χ1) is 37.4. The van der Waals surface area contributed by atoms with Crippen molar-refractivity contribution >= 4 is 77.7 Å². The summed E-state index contributed by atoms with van der Waals surface area (Å²) in [5, 5.41) is 23.6. The first-order valence-electron chi connectivity index (χ1n) is 24.9. The molecular weight excluding hydrogens is 939 g/mol. The Labute approximate surface area is 437 Å². The van der Waals surface area contributed by atoms with Crippen LogP contribution in [0.4, 0.5) is 42.9 Å². The highest BCUT2D eigenvalue weighted by molar-refractivity contribution is 6.12. The van der Waals surface area contributed by atoms with Gasteiger partial charge in [0.15, 0.2) is 0 Å². The van der Waals surface area contributed by atoms with Crippen molar-refractivity contribution in [1.82, 2.24) is 9.13 Å².